The molecular formula is C23H31N3O3. The van der Waals surface area contributed by atoms with E-state index >= 15 is 0 Å². The SMILES string of the molecule is O=C1CCC(C/C=C/CCNNC2(c3cccc(OCC4CC4)c3)CC2)C(=O)N1. The highest BCUT2D eigenvalue weighted by Gasteiger charge is 2.44. The maximum absolute atomic E-state index is 11.7. The molecule has 0 bridgehead atoms. The highest BCUT2D eigenvalue weighted by atomic mass is 16.5. The summed E-state index contributed by atoms with van der Waals surface area (Å²) in [5, 5.41) is 2.41. The van der Waals surface area contributed by atoms with E-state index in [0.717, 1.165) is 44.1 Å². The van der Waals surface area contributed by atoms with E-state index in [-0.39, 0.29) is 23.3 Å². The predicted molar refractivity (Wildman–Crippen MR) is 111 cm³/mol. The lowest BCUT2D eigenvalue weighted by molar-refractivity contribution is -0.136. The van der Waals surface area contributed by atoms with E-state index < -0.39 is 0 Å². The van der Waals surface area contributed by atoms with E-state index in [1.165, 1.54) is 18.4 Å². The van der Waals surface area contributed by atoms with Crippen molar-refractivity contribution in [3.05, 3.63) is 42.0 Å². The largest absolute Gasteiger partial charge is 0.493 e. The molecule has 6 nitrogen and oxygen atoms in total. The smallest absolute Gasteiger partial charge is 0.229 e. The van der Waals surface area contributed by atoms with Gasteiger partial charge in [0, 0.05) is 18.9 Å². The minimum Gasteiger partial charge on any atom is -0.493 e. The molecule has 1 atom stereocenters. The Labute approximate surface area is 172 Å². The molecule has 2 amide bonds. The first-order valence-electron chi connectivity index (χ1n) is 10.9. The summed E-state index contributed by atoms with van der Waals surface area (Å²) >= 11 is 0. The molecule has 2 aliphatic carbocycles. The molecule has 1 saturated heterocycles. The van der Waals surface area contributed by atoms with Crippen LogP contribution in [0.2, 0.25) is 0 Å². The zero-order valence-electron chi connectivity index (χ0n) is 16.9. The number of imide groups is 1. The first-order chi connectivity index (χ1) is 14.1. The van der Waals surface area contributed by atoms with Crippen LogP contribution in [0.3, 0.4) is 0 Å². The fourth-order valence-corrected chi connectivity index (χ4v) is 3.72. The second kappa shape index (κ2) is 9.09. The molecule has 4 rings (SSSR count). The molecule has 0 radical (unpaired) electrons. The molecule has 3 aliphatic rings. The van der Waals surface area contributed by atoms with Crippen LogP contribution in [0.25, 0.3) is 0 Å². The molecule has 2 saturated carbocycles. The number of amides is 2. The van der Waals surface area contributed by atoms with Crippen molar-refractivity contribution in [1.29, 1.82) is 0 Å². The van der Waals surface area contributed by atoms with Crippen LogP contribution in [0.5, 0.6) is 5.75 Å². The number of piperidine rings is 1. The van der Waals surface area contributed by atoms with Crippen LogP contribution >= 0.6 is 0 Å². The van der Waals surface area contributed by atoms with Crippen LogP contribution in [0, 0.1) is 11.8 Å². The summed E-state index contributed by atoms with van der Waals surface area (Å²) in [7, 11) is 0. The van der Waals surface area contributed by atoms with E-state index in [1.807, 2.05) is 6.07 Å². The number of carbonyl (C=O) groups is 2. The molecule has 6 heteroatoms. The number of carbonyl (C=O) groups excluding carboxylic acids is 2. The Bertz CT molecular complexity index is 768. The zero-order chi connectivity index (χ0) is 20.1. The van der Waals surface area contributed by atoms with Crippen LogP contribution in [-0.4, -0.2) is 25.0 Å². The van der Waals surface area contributed by atoms with Gasteiger partial charge >= 0.3 is 0 Å². The number of hydrogen-bond acceptors (Lipinski definition) is 5. The number of nitrogens with one attached hydrogen (secondary N) is 3. The van der Waals surface area contributed by atoms with Gasteiger partial charge in [-0.3, -0.25) is 20.3 Å². The van der Waals surface area contributed by atoms with Crippen LogP contribution in [0.1, 0.15) is 56.9 Å². The van der Waals surface area contributed by atoms with Crippen LogP contribution < -0.4 is 20.9 Å². The molecule has 1 unspecified atom stereocenters. The minimum absolute atomic E-state index is 0.0232. The number of hydrogen-bond donors (Lipinski definition) is 3. The van der Waals surface area contributed by atoms with Gasteiger partial charge in [0.05, 0.1) is 12.1 Å². The summed E-state index contributed by atoms with van der Waals surface area (Å²) in [5.41, 5.74) is 8.16. The van der Waals surface area contributed by atoms with Gasteiger partial charge in [-0.1, -0.05) is 24.3 Å². The third-order valence-electron chi connectivity index (χ3n) is 6.02. The first-order valence-corrected chi connectivity index (χ1v) is 10.9. The van der Waals surface area contributed by atoms with E-state index in [0.29, 0.717) is 19.3 Å². The predicted octanol–water partition coefficient (Wildman–Crippen LogP) is 2.95. The lowest BCUT2D eigenvalue weighted by Gasteiger charge is -2.20. The Hall–Kier alpha value is -2.18. The van der Waals surface area contributed by atoms with Crippen molar-refractivity contribution < 1.29 is 14.3 Å². The molecule has 1 aromatic rings. The summed E-state index contributed by atoms with van der Waals surface area (Å²) in [5.74, 6) is 1.37. The van der Waals surface area contributed by atoms with Gasteiger partial charge in [0.1, 0.15) is 5.75 Å². The van der Waals surface area contributed by atoms with Gasteiger partial charge in [-0.25, -0.2) is 5.43 Å². The highest BCUT2D eigenvalue weighted by molar-refractivity contribution is 5.98. The number of benzene rings is 1. The standard InChI is InChI=1S/C23H31N3O3/c27-21-11-10-18(22(28)25-21)5-2-1-3-14-24-26-23(12-13-23)19-6-4-7-20(15-19)29-16-17-8-9-17/h1-2,4,6-7,15,17-18,24,26H,3,5,8-14,16H2,(H,25,27,28)/b2-1+. The second-order valence-electron chi connectivity index (χ2n) is 8.56. The fraction of sp³-hybridized carbons (Fsp3) is 0.565. The number of hydrazine groups is 1. The normalized spacial score (nSPS) is 23.2. The Morgan fingerprint density at radius 1 is 1.17 bits per heavy atom. The monoisotopic (exact) mass is 397 g/mol. The molecule has 1 aliphatic heterocycles. The maximum atomic E-state index is 11.7. The van der Waals surface area contributed by atoms with Gasteiger partial charge in [0.2, 0.25) is 11.8 Å². The van der Waals surface area contributed by atoms with Crippen molar-refractivity contribution in [2.45, 2.75) is 56.9 Å². The van der Waals surface area contributed by atoms with Crippen molar-refractivity contribution in [3.63, 3.8) is 0 Å². The van der Waals surface area contributed by atoms with Crippen LogP contribution in [-0.2, 0) is 15.1 Å². The van der Waals surface area contributed by atoms with E-state index in [9.17, 15) is 9.59 Å². The Morgan fingerprint density at radius 2 is 2.03 bits per heavy atom. The van der Waals surface area contributed by atoms with E-state index in [2.05, 4.69) is 46.5 Å². The zero-order valence-corrected chi connectivity index (χ0v) is 16.9. The summed E-state index contributed by atoms with van der Waals surface area (Å²) in [6.45, 7) is 1.67. The highest BCUT2D eigenvalue weighted by Crippen LogP contribution is 2.45. The first kappa shape index (κ1) is 20.1. The molecule has 156 valence electrons. The molecule has 0 aromatic heterocycles. The van der Waals surface area contributed by atoms with E-state index in [4.69, 9.17) is 4.74 Å². The third-order valence-corrected chi connectivity index (χ3v) is 6.02. The summed E-state index contributed by atoms with van der Waals surface area (Å²) in [4.78, 5) is 22.9. The number of allylic oxidation sites excluding steroid dienone is 1. The number of rotatable bonds is 11. The average molecular weight is 398 g/mol. The molecular weight excluding hydrogens is 366 g/mol. The maximum Gasteiger partial charge on any atom is 0.229 e. The van der Waals surface area contributed by atoms with Gasteiger partial charge in [-0.15, -0.1) is 0 Å². The molecule has 0 spiro atoms. The molecule has 1 heterocycles. The summed E-state index contributed by atoms with van der Waals surface area (Å²) < 4.78 is 5.92. The van der Waals surface area contributed by atoms with Crippen molar-refractivity contribution in [2.24, 2.45) is 11.8 Å². The summed E-state index contributed by atoms with van der Waals surface area (Å²) in [6, 6.07) is 8.47. The van der Waals surface area contributed by atoms with Gasteiger partial charge in [0.25, 0.3) is 0 Å². The lowest BCUT2D eigenvalue weighted by Crippen LogP contribution is -2.41. The van der Waals surface area contributed by atoms with Crippen LogP contribution in [0.15, 0.2) is 36.4 Å². The van der Waals surface area contributed by atoms with E-state index in [1.54, 1.807) is 0 Å². The van der Waals surface area contributed by atoms with Gasteiger partial charge < -0.3 is 4.74 Å². The minimum atomic E-state index is -0.153. The molecule has 29 heavy (non-hydrogen) atoms. The van der Waals surface area contributed by atoms with Gasteiger partial charge in [-0.05, 0) is 68.6 Å². The third kappa shape index (κ3) is 5.67. The lowest BCUT2D eigenvalue weighted by atomic mass is 9.94. The topological polar surface area (TPSA) is 79.5 Å². The van der Waals surface area contributed by atoms with Crippen molar-refractivity contribution >= 4 is 11.8 Å². The van der Waals surface area contributed by atoms with Crippen molar-refractivity contribution in [1.82, 2.24) is 16.2 Å². The molecule has 3 N–H and O–H groups in total. The fourth-order valence-electron chi connectivity index (χ4n) is 3.72. The van der Waals surface area contributed by atoms with Crippen LogP contribution in [0.4, 0.5) is 0 Å². The van der Waals surface area contributed by atoms with Gasteiger partial charge in [-0.2, -0.15) is 0 Å². The van der Waals surface area contributed by atoms with Crippen molar-refractivity contribution in [3.8, 4) is 5.75 Å². The van der Waals surface area contributed by atoms with Crippen molar-refractivity contribution in [2.75, 3.05) is 13.2 Å². The summed E-state index contributed by atoms with van der Waals surface area (Å²) in [6.07, 6.45) is 11.7. The Kier molecular flexibility index (Phi) is 6.31. The molecule has 3 fully saturated rings. The Balaban J connectivity index is 1.15. The average Bonchev–Trinajstić information content (AvgIpc) is 3.63. The second-order valence-corrected chi connectivity index (χ2v) is 8.56. The number of ether oxygens (including phenoxy) is 1. The molecule has 1 aromatic carbocycles. The van der Waals surface area contributed by atoms with Gasteiger partial charge in [0.15, 0.2) is 0 Å². The quantitative estimate of drug-likeness (QED) is 0.232. The Morgan fingerprint density at radius 3 is 2.79 bits per heavy atom.